The average molecular weight is 342 g/mol. The number of methoxy groups -OCH3 is 1. The standard InChI is InChI=1S/C18H18N2O3S/c1-3-23-18(21)16(20-19)17(24-15-7-5-4-6-8-15)13-9-11-14(22-2)12-10-13/h4-12,17H,3H2,1-2H3. The first-order valence-corrected chi connectivity index (χ1v) is 8.32. The van der Waals surface area contributed by atoms with Gasteiger partial charge in [0.15, 0.2) is 0 Å². The first-order chi connectivity index (χ1) is 11.7. The maximum absolute atomic E-state index is 12.2. The SMILES string of the molecule is CCOC(=O)C(=[N+]=[N-])C(Sc1ccccc1)c1ccc(OC)cc1. The summed E-state index contributed by atoms with van der Waals surface area (Å²) in [4.78, 5) is 16.3. The van der Waals surface area contributed by atoms with Crippen molar-refractivity contribution in [1.29, 1.82) is 0 Å². The third kappa shape index (κ3) is 4.47. The number of benzene rings is 2. The van der Waals surface area contributed by atoms with E-state index >= 15 is 0 Å². The quantitative estimate of drug-likeness (QED) is 0.252. The predicted molar refractivity (Wildman–Crippen MR) is 93.3 cm³/mol. The molecule has 0 bridgehead atoms. The van der Waals surface area contributed by atoms with E-state index < -0.39 is 11.2 Å². The zero-order chi connectivity index (χ0) is 17.4. The molecule has 2 aromatic carbocycles. The number of nitrogens with zero attached hydrogens (tertiary/aromatic N) is 2. The highest BCUT2D eigenvalue weighted by atomic mass is 32.2. The minimum absolute atomic E-state index is 0.0455. The van der Waals surface area contributed by atoms with E-state index in [-0.39, 0.29) is 12.3 Å². The summed E-state index contributed by atoms with van der Waals surface area (Å²) < 4.78 is 10.2. The van der Waals surface area contributed by atoms with Crippen molar-refractivity contribution in [3.8, 4) is 5.75 Å². The van der Waals surface area contributed by atoms with E-state index in [2.05, 4.69) is 4.79 Å². The molecule has 5 nitrogen and oxygen atoms in total. The van der Waals surface area contributed by atoms with E-state index in [9.17, 15) is 10.3 Å². The second-order valence-electron chi connectivity index (χ2n) is 4.79. The molecule has 0 fully saturated rings. The highest BCUT2D eigenvalue weighted by Gasteiger charge is 2.35. The minimum Gasteiger partial charge on any atom is -0.497 e. The first-order valence-electron chi connectivity index (χ1n) is 7.44. The van der Waals surface area contributed by atoms with Gasteiger partial charge in [-0.25, -0.2) is 4.79 Å². The normalized spacial score (nSPS) is 11.2. The van der Waals surface area contributed by atoms with Gasteiger partial charge in [0, 0.05) is 4.90 Å². The third-order valence-corrected chi connectivity index (χ3v) is 4.53. The molecule has 0 aliphatic heterocycles. The number of hydrogen-bond acceptors (Lipinski definition) is 4. The minimum atomic E-state index is -0.635. The van der Waals surface area contributed by atoms with Crippen molar-refractivity contribution in [3.63, 3.8) is 0 Å². The highest BCUT2D eigenvalue weighted by molar-refractivity contribution is 8.00. The lowest BCUT2D eigenvalue weighted by molar-refractivity contribution is -0.140. The highest BCUT2D eigenvalue weighted by Crippen LogP contribution is 2.36. The van der Waals surface area contributed by atoms with Gasteiger partial charge in [0.25, 0.3) is 0 Å². The number of hydrogen-bond donors (Lipinski definition) is 0. The number of thioether (sulfide) groups is 1. The Morgan fingerprint density at radius 1 is 1.17 bits per heavy atom. The number of carbonyl (C=O) groups excluding carboxylic acids is 1. The summed E-state index contributed by atoms with van der Waals surface area (Å²) in [7, 11) is 1.59. The molecule has 0 radical (unpaired) electrons. The molecule has 0 aliphatic carbocycles. The van der Waals surface area contributed by atoms with E-state index in [0.29, 0.717) is 5.75 Å². The third-order valence-electron chi connectivity index (χ3n) is 3.26. The van der Waals surface area contributed by atoms with E-state index in [1.54, 1.807) is 26.2 Å². The van der Waals surface area contributed by atoms with Crippen LogP contribution in [0, 0.1) is 0 Å². The molecular weight excluding hydrogens is 324 g/mol. The Bertz CT molecular complexity index is 726. The van der Waals surface area contributed by atoms with Crippen molar-refractivity contribution in [2.45, 2.75) is 17.1 Å². The molecule has 2 aromatic rings. The maximum Gasteiger partial charge on any atom is 0.418 e. The van der Waals surface area contributed by atoms with Gasteiger partial charge in [-0.15, -0.1) is 11.8 Å². The van der Waals surface area contributed by atoms with Gasteiger partial charge >= 0.3 is 11.7 Å². The molecule has 0 saturated carbocycles. The van der Waals surface area contributed by atoms with Crippen molar-refractivity contribution in [2.75, 3.05) is 13.7 Å². The Morgan fingerprint density at radius 2 is 1.83 bits per heavy atom. The van der Waals surface area contributed by atoms with Gasteiger partial charge < -0.3 is 15.0 Å². The molecular formula is C18H18N2O3S. The van der Waals surface area contributed by atoms with E-state index in [4.69, 9.17) is 9.47 Å². The molecule has 0 aromatic heterocycles. The van der Waals surface area contributed by atoms with Gasteiger partial charge in [0.2, 0.25) is 0 Å². The van der Waals surface area contributed by atoms with Crippen molar-refractivity contribution in [3.05, 3.63) is 65.7 Å². The molecule has 0 heterocycles. The molecule has 0 amide bonds. The summed E-state index contributed by atoms with van der Waals surface area (Å²) in [5.74, 6) is 0.0742. The Kier molecular flexibility index (Phi) is 6.61. The van der Waals surface area contributed by atoms with Crippen LogP contribution in [0.4, 0.5) is 0 Å². The van der Waals surface area contributed by atoms with Crippen LogP contribution in [0.5, 0.6) is 5.75 Å². The Labute approximate surface area is 145 Å². The lowest BCUT2D eigenvalue weighted by atomic mass is 10.1. The second kappa shape index (κ2) is 8.91. The van der Waals surface area contributed by atoms with Gasteiger partial charge in [0.1, 0.15) is 11.0 Å². The van der Waals surface area contributed by atoms with E-state index in [0.717, 1.165) is 10.5 Å². The molecule has 0 saturated heterocycles. The molecule has 2 rings (SSSR count). The second-order valence-corrected chi connectivity index (χ2v) is 5.97. The molecule has 0 aliphatic rings. The molecule has 6 heteroatoms. The van der Waals surface area contributed by atoms with Crippen LogP contribution in [-0.2, 0) is 9.53 Å². The van der Waals surface area contributed by atoms with Gasteiger partial charge in [-0.2, -0.15) is 4.79 Å². The fourth-order valence-corrected chi connectivity index (χ4v) is 3.24. The zero-order valence-electron chi connectivity index (χ0n) is 13.5. The molecule has 1 atom stereocenters. The Balaban J connectivity index is 2.39. The summed E-state index contributed by atoms with van der Waals surface area (Å²) in [6.07, 6.45) is 0. The average Bonchev–Trinajstić information content (AvgIpc) is 2.63. The van der Waals surface area contributed by atoms with Crippen molar-refractivity contribution >= 4 is 23.4 Å². The summed E-state index contributed by atoms with van der Waals surface area (Å²) in [6, 6.07) is 16.9. The predicted octanol–water partition coefficient (Wildman–Crippen LogP) is 3.76. The topological polar surface area (TPSA) is 71.9 Å². The van der Waals surface area contributed by atoms with Crippen LogP contribution < -0.4 is 4.74 Å². The van der Waals surface area contributed by atoms with Crippen LogP contribution in [0.3, 0.4) is 0 Å². The molecule has 24 heavy (non-hydrogen) atoms. The van der Waals surface area contributed by atoms with E-state index in [1.807, 2.05) is 42.5 Å². The lowest BCUT2D eigenvalue weighted by Crippen LogP contribution is -2.24. The monoisotopic (exact) mass is 342 g/mol. The fraction of sp³-hybridized carbons (Fsp3) is 0.222. The summed E-state index contributed by atoms with van der Waals surface area (Å²) in [5.41, 5.74) is 10.1. The van der Waals surface area contributed by atoms with Crippen LogP contribution in [0.1, 0.15) is 17.7 Å². The van der Waals surface area contributed by atoms with Crippen LogP contribution in [-0.4, -0.2) is 30.2 Å². The van der Waals surface area contributed by atoms with Gasteiger partial charge in [-0.05, 0) is 36.8 Å². The van der Waals surface area contributed by atoms with Gasteiger partial charge in [0.05, 0.1) is 13.7 Å². The zero-order valence-corrected chi connectivity index (χ0v) is 14.3. The van der Waals surface area contributed by atoms with Crippen molar-refractivity contribution in [2.24, 2.45) is 0 Å². The maximum atomic E-state index is 12.2. The Hall–Kier alpha value is -2.56. The molecule has 124 valence electrons. The van der Waals surface area contributed by atoms with E-state index in [1.165, 1.54) is 11.8 Å². The van der Waals surface area contributed by atoms with Crippen LogP contribution in [0.25, 0.3) is 5.53 Å². The molecule has 0 spiro atoms. The van der Waals surface area contributed by atoms with Crippen LogP contribution in [0.15, 0.2) is 59.5 Å². The smallest absolute Gasteiger partial charge is 0.418 e. The van der Waals surface area contributed by atoms with Crippen molar-refractivity contribution in [1.82, 2.24) is 0 Å². The van der Waals surface area contributed by atoms with Crippen LogP contribution >= 0.6 is 11.8 Å². The van der Waals surface area contributed by atoms with Gasteiger partial charge in [-0.3, -0.25) is 0 Å². The largest absolute Gasteiger partial charge is 0.497 e. The summed E-state index contributed by atoms with van der Waals surface area (Å²) in [6.45, 7) is 1.92. The number of esters is 1. The summed E-state index contributed by atoms with van der Waals surface area (Å²) in [5, 5.41) is -0.498. The summed E-state index contributed by atoms with van der Waals surface area (Å²) >= 11 is 1.41. The van der Waals surface area contributed by atoms with Gasteiger partial charge in [-0.1, -0.05) is 30.3 Å². The molecule has 1 unspecified atom stereocenters. The number of rotatable bonds is 7. The number of ether oxygens (including phenoxy) is 2. The lowest BCUT2D eigenvalue weighted by Gasteiger charge is -2.13. The van der Waals surface area contributed by atoms with Crippen molar-refractivity contribution < 1.29 is 19.1 Å². The Morgan fingerprint density at radius 3 is 2.38 bits per heavy atom. The number of carbonyl (C=O) groups is 1. The first kappa shape index (κ1) is 17.8. The fourth-order valence-electron chi connectivity index (χ4n) is 2.10. The van der Waals surface area contributed by atoms with Crippen LogP contribution in [0.2, 0.25) is 0 Å². The molecule has 0 N–H and O–H groups in total.